The number of rotatable bonds is 7. The molecule has 0 aliphatic carbocycles. The normalized spacial score (nSPS) is 14.4. The van der Waals surface area contributed by atoms with Crippen molar-refractivity contribution in [2.24, 2.45) is 5.73 Å². The van der Waals surface area contributed by atoms with E-state index < -0.39 is 5.67 Å². The van der Waals surface area contributed by atoms with Crippen molar-refractivity contribution >= 4 is 0 Å². The largest absolute Gasteiger partial charge is 0.381 e. The molecule has 0 heterocycles. The fourth-order valence-electron chi connectivity index (χ4n) is 2.69. The summed E-state index contributed by atoms with van der Waals surface area (Å²) in [5.41, 5.74) is 8.81. The zero-order valence-corrected chi connectivity index (χ0v) is 12.6. The van der Waals surface area contributed by atoms with Crippen LogP contribution >= 0.6 is 0 Å². The second-order valence-corrected chi connectivity index (χ2v) is 5.53. The van der Waals surface area contributed by atoms with Gasteiger partial charge in [-0.25, -0.2) is 4.39 Å². The van der Waals surface area contributed by atoms with Crippen LogP contribution in [-0.2, 0) is 11.2 Å². The third kappa shape index (κ3) is 4.59. The quantitative estimate of drug-likeness (QED) is 0.823. The Morgan fingerprint density at radius 2 is 1.79 bits per heavy atom. The highest BCUT2D eigenvalue weighted by molar-refractivity contribution is 5.38. The molecule has 0 aliphatic rings. The Bertz CT molecular complexity index is 396. The maximum absolute atomic E-state index is 14.9. The standard InChI is InChI=1S/C16H26FNO/c1-12-8-13(2)15(14(3)9-12)10-16(17,11-19-4)6-5-7-18/h8-9H,5-7,10-11,18H2,1-4H3. The third-order valence-electron chi connectivity index (χ3n) is 3.57. The first-order valence-corrected chi connectivity index (χ1v) is 6.86. The number of methoxy groups -OCH3 is 1. The minimum Gasteiger partial charge on any atom is -0.381 e. The zero-order chi connectivity index (χ0) is 14.5. The first-order chi connectivity index (χ1) is 8.91. The summed E-state index contributed by atoms with van der Waals surface area (Å²) in [6, 6.07) is 4.22. The molecule has 19 heavy (non-hydrogen) atoms. The van der Waals surface area contributed by atoms with Crippen molar-refractivity contribution in [1.29, 1.82) is 0 Å². The number of nitrogens with two attached hydrogens (primary N) is 1. The van der Waals surface area contributed by atoms with E-state index in [1.807, 2.05) is 13.8 Å². The van der Waals surface area contributed by atoms with Crippen molar-refractivity contribution in [2.75, 3.05) is 20.3 Å². The molecule has 0 saturated heterocycles. The van der Waals surface area contributed by atoms with Gasteiger partial charge in [0.2, 0.25) is 0 Å². The van der Waals surface area contributed by atoms with Crippen LogP contribution in [0.5, 0.6) is 0 Å². The van der Waals surface area contributed by atoms with Gasteiger partial charge in [0.1, 0.15) is 5.67 Å². The summed E-state index contributed by atoms with van der Waals surface area (Å²) >= 11 is 0. The smallest absolute Gasteiger partial charge is 0.138 e. The summed E-state index contributed by atoms with van der Waals surface area (Å²) in [7, 11) is 1.55. The molecular weight excluding hydrogens is 241 g/mol. The summed E-state index contributed by atoms with van der Waals surface area (Å²) in [4.78, 5) is 0. The molecule has 3 heteroatoms. The molecule has 108 valence electrons. The van der Waals surface area contributed by atoms with Crippen LogP contribution in [0.1, 0.15) is 35.1 Å². The van der Waals surface area contributed by atoms with Crippen LogP contribution in [0, 0.1) is 20.8 Å². The molecule has 0 spiro atoms. The fourth-order valence-corrected chi connectivity index (χ4v) is 2.69. The van der Waals surface area contributed by atoms with Crippen LogP contribution in [0.3, 0.4) is 0 Å². The first-order valence-electron chi connectivity index (χ1n) is 6.86. The molecule has 0 amide bonds. The van der Waals surface area contributed by atoms with Crippen LogP contribution in [0.25, 0.3) is 0 Å². The lowest BCUT2D eigenvalue weighted by atomic mass is 9.87. The van der Waals surface area contributed by atoms with Crippen molar-refractivity contribution in [3.8, 4) is 0 Å². The average molecular weight is 267 g/mol. The topological polar surface area (TPSA) is 35.2 Å². The summed E-state index contributed by atoms with van der Waals surface area (Å²) in [5.74, 6) is 0. The van der Waals surface area contributed by atoms with E-state index in [4.69, 9.17) is 10.5 Å². The molecule has 0 fully saturated rings. The number of aryl methyl sites for hydroxylation is 3. The Hall–Kier alpha value is -0.930. The van der Waals surface area contributed by atoms with Gasteiger partial charge in [-0.15, -0.1) is 0 Å². The molecule has 1 unspecified atom stereocenters. The lowest BCUT2D eigenvalue weighted by Crippen LogP contribution is -2.33. The van der Waals surface area contributed by atoms with E-state index in [1.54, 1.807) is 7.11 Å². The van der Waals surface area contributed by atoms with Gasteiger partial charge in [-0.05, 0) is 56.8 Å². The Morgan fingerprint density at radius 3 is 2.26 bits per heavy atom. The summed E-state index contributed by atoms with van der Waals surface area (Å²) < 4.78 is 20.0. The van der Waals surface area contributed by atoms with E-state index in [9.17, 15) is 4.39 Å². The number of hydrogen-bond acceptors (Lipinski definition) is 2. The van der Waals surface area contributed by atoms with Gasteiger partial charge in [-0.3, -0.25) is 0 Å². The zero-order valence-electron chi connectivity index (χ0n) is 12.6. The van der Waals surface area contributed by atoms with Crippen LogP contribution in [0.15, 0.2) is 12.1 Å². The van der Waals surface area contributed by atoms with E-state index in [0.717, 1.165) is 16.7 Å². The molecule has 1 rings (SSSR count). The van der Waals surface area contributed by atoms with Crippen LogP contribution in [0.4, 0.5) is 4.39 Å². The van der Waals surface area contributed by atoms with Crippen molar-refractivity contribution in [3.63, 3.8) is 0 Å². The van der Waals surface area contributed by atoms with Gasteiger partial charge >= 0.3 is 0 Å². The summed E-state index contributed by atoms with van der Waals surface area (Å²) in [6.45, 7) is 6.80. The monoisotopic (exact) mass is 267 g/mol. The molecule has 0 saturated carbocycles. The third-order valence-corrected chi connectivity index (χ3v) is 3.57. The molecule has 2 nitrogen and oxygen atoms in total. The van der Waals surface area contributed by atoms with Gasteiger partial charge < -0.3 is 10.5 Å². The average Bonchev–Trinajstić information content (AvgIpc) is 2.32. The Morgan fingerprint density at radius 1 is 1.21 bits per heavy atom. The Balaban J connectivity index is 2.96. The van der Waals surface area contributed by atoms with Crippen molar-refractivity contribution in [2.45, 2.75) is 45.7 Å². The fraction of sp³-hybridized carbons (Fsp3) is 0.625. The van der Waals surface area contributed by atoms with E-state index >= 15 is 0 Å². The number of ether oxygens (including phenoxy) is 1. The lowest BCUT2D eigenvalue weighted by Gasteiger charge is -2.26. The second kappa shape index (κ2) is 7.01. The number of benzene rings is 1. The number of halogens is 1. The molecule has 0 aliphatic heterocycles. The minimum absolute atomic E-state index is 0.125. The van der Waals surface area contributed by atoms with E-state index in [2.05, 4.69) is 19.1 Å². The summed E-state index contributed by atoms with van der Waals surface area (Å²) in [5, 5.41) is 0. The maximum Gasteiger partial charge on any atom is 0.138 e. The van der Waals surface area contributed by atoms with Gasteiger partial charge in [0.05, 0.1) is 6.61 Å². The van der Waals surface area contributed by atoms with Crippen molar-refractivity contribution < 1.29 is 9.13 Å². The van der Waals surface area contributed by atoms with Crippen LogP contribution < -0.4 is 5.73 Å². The Labute approximate surface area is 116 Å². The highest BCUT2D eigenvalue weighted by atomic mass is 19.1. The second-order valence-electron chi connectivity index (χ2n) is 5.53. The molecular formula is C16H26FNO. The van der Waals surface area contributed by atoms with E-state index in [0.29, 0.717) is 25.8 Å². The molecule has 1 aromatic rings. The van der Waals surface area contributed by atoms with Crippen LogP contribution in [0.2, 0.25) is 0 Å². The van der Waals surface area contributed by atoms with Gasteiger partial charge in [0, 0.05) is 13.5 Å². The molecule has 0 aromatic heterocycles. The molecule has 1 atom stereocenters. The van der Waals surface area contributed by atoms with Gasteiger partial charge in [0.15, 0.2) is 0 Å². The summed E-state index contributed by atoms with van der Waals surface area (Å²) in [6.07, 6.45) is 1.53. The lowest BCUT2D eigenvalue weighted by molar-refractivity contribution is 0.0332. The molecule has 0 bridgehead atoms. The van der Waals surface area contributed by atoms with E-state index in [1.165, 1.54) is 5.56 Å². The number of alkyl halides is 1. The molecule has 2 N–H and O–H groups in total. The first kappa shape index (κ1) is 16.1. The minimum atomic E-state index is -1.32. The van der Waals surface area contributed by atoms with Gasteiger partial charge in [-0.1, -0.05) is 17.7 Å². The number of hydrogen-bond donors (Lipinski definition) is 1. The van der Waals surface area contributed by atoms with E-state index in [-0.39, 0.29) is 6.61 Å². The van der Waals surface area contributed by atoms with Crippen LogP contribution in [-0.4, -0.2) is 25.9 Å². The van der Waals surface area contributed by atoms with Crippen molar-refractivity contribution in [3.05, 3.63) is 34.4 Å². The predicted octanol–water partition coefficient (Wildman–Crippen LogP) is 3.25. The predicted molar refractivity (Wildman–Crippen MR) is 78.4 cm³/mol. The van der Waals surface area contributed by atoms with Crippen molar-refractivity contribution in [1.82, 2.24) is 0 Å². The Kier molecular flexibility index (Phi) is 5.95. The van der Waals surface area contributed by atoms with Gasteiger partial charge in [-0.2, -0.15) is 0 Å². The highest BCUT2D eigenvalue weighted by Gasteiger charge is 2.30. The SMILES string of the molecule is COCC(F)(CCCN)Cc1c(C)cc(C)cc1C. The molecule has 1 aromatic carbocycles. The highest BCUT2D eigenvalue weighted by Crippen LogP contribution is 2.28. The molecule has 0 radical (unpaired) electrons. The van der Waals surface area contributed by atoms with Gasteiger partial charge in [0.25, 0.3) is 0 Å². The maximum atomic E-state index is 14.9.